The van der Waals surface area contributed by atoms with Crippen molar-refractivity contribution in [1.82, 2.24) is 24.7 Å². The second kappa shape index (κ2) is 9.88. The smallest absolute Gasteiger partial charge is 0.323 e. The van der Waals surface area contributed by atoms with Gasteiger partial charge in [0.2, 0.25) is 0 Å². The molecular formula is C25H19ClFN7O2. The Balaban J connectivity index is 1.30. The molecular weight excluding hydrogens is 485 g/mol. The van der Waals surface area contributed by atoms with E-state index < -0.39 is 11.8 Å². The van der Waals surface area contributed by atoms with Crippen LogP contribution in [-0.4, -0.2) is 30.8 Å². The molecule has 9 nitrogen and oxygen atoms in total. The zero-order valence-electron chi connectivity index (χ0n) is 18.9. The Morgan fingerprint density at radius 2 is 1.94 bits per heavy atom. The number of benzene rings is 2. The quantitative estimate of drug-likeness (QED) is 0.256. The highest BCUT2D eigenvalue weighted by molar-refractivity contribution is 6.31. The lowest BCUT2D eigenvalue weighted by Gasteiger charge is -2.12. The minimum Gasteiger partial charge on any atom is -0.457 e. The number of urea groups is 1. The van der Waals surface area contributed by atoms with Crippen molar-refractivity contribution in [3.63, 3.8) is 0 Å². The van der Waals surface area contributed by atoms with Gasteiger partial charge in [0, 0.05) is 47.0 Å². The Hall–Kier alpha value is -4.70. The first-order valence-electron chi connectivity index (χ1n) is 10.7. The fraction of sp³-hybridized carbons (Fsp3) is 0.0400. The Labute approximate surface area is 209 Å². The highest BCUT2D eigenvalue weighted by Gasteiger charge is 2.12. The summed E-state index contributed by atoms with van der Waals surface area (Å²) >= 11 is 6.23. The number of anilines is 2. The summed E-state index contributed by atoms with van der Waals surface area (Å²) in [5.41, 5.74) is 3.38. The number of carbonyl (C=O) groups is 1. The molecule has 0 fully saturated rings. The molecule has 0 aliphatic rings. The van der Waals surface area contributed by atoms with Crippen molar-refractivity contribution in [3.05, 3.63) is 96.2 Å². The number of H-pyrrole nitrogens is 1. The Morgan fingerprint density at radius 3 is 2.72 bits per heavy atom. The first kappa shape index (κ1) is 23.1. The number of amides is 2. The predicted molar refractivity (Wildman–Crippen MR) is 134 cm³/mol. The summed E-state index contributed by atoms with van der Waals surface area (Å²) < 4.78 is 22.1. The van der Waals surface area contributed by atoms with E-state index >= 15 is 0 Å². The molecule has 11 heteroatoms. The molecule has 3 aromatic heterocycles. The van der Waals surface area contributed by atoms with Crippen molar-refractivity contribution in [2.75, 3.05) is 10.6 Å². The molecule has 2 amide bonds. The number of aromatic amines is 1. The normalized spacial score (nSPS) is 10.8. The van der Waals surface area contributed by atoms with Crippen molar-refractivity contribution in [2.24, 2.45) is 0 Å². The Kier molecular flexibility index (Phi) is 6.33. The minimum absolute atomic E-state index is 0.0541. The molecule has 5 aromatic rings. The van der Waals surface area contributed by atoms with Gasteiger partial charge in [-0.05, 0) is 43.3 Å². The average Bonchev–Trinajstić information content (AvgIpc) is 3.53. The summed E-state index contributed by atoms with van der Waals surface area (Å²) in [5, 5.41) is 12.2. The van der Waals surface area contributed by atoms with Gasteiger partial charge in [0.25, 0.3) is 0 Å². The van der Waals surface area contributed by atoms with E-state index in [1.807, 2.05) is 13.1 Å². The van der Waals surface area contributed by atoms with Gasteiger partial charge in [-0.2, -0.15) is 5.10 Å². The third-order valence-electron chi connectivity index (χ3n) is 5.10. The summed E-state index contributed by atoms with van der Waals surface area (Å²) in [5.74, 6) is 0.202. The summed E-state index contributed by atoms with van der Waals surface area (Å²) in [4.78, 5) is 21.1. The van der Waals surface area contributed by atoms with Crippen LogP contribution < -0.4 is 15.4 Å². The number of hydrogen-bond acceptors (Lipinski definition) is 5. The number of nitrogens with zero attached hydrogens (tertiary/aromatic N) is 4. The molecule has 0 aliphatic carbocycles. The number of aryl methyl sites for hydroxylation is 1. The lowest BCUT2D eigenvalue weighted by Crippen LogP contribution is -2.20. The van der Waals surface area contributed by atoms with Gasteiger partial charge in [0.1, 0.15) is 17.3 Å². The van der Waals surface area contributed by atoms with Crippen molar-refractivity contribution in [1.29, 1.82) is 0 Å². The fourth-order valence-corrected chi connectivity index (χ4v) is 3.70. The molecule has 2 aromatic carbocycles. The molecule has 0 radical (unpaired) electrons. The number of halogens is 2. The van der Waals surface area contributed by atoms with Crippen LogP contribution in [0.1, 0.15) is 5.69 Å². The van der Waals surface area contributed by atoms with Gasteiger partial charge >= 0.3 is 6.03 Å². The third-order valence-corrected chi connectivity index (χ3v) is 5.32. The van der Waals surface area contributed by atoms with E-state index in [9.17, 15) is 9.18 Å². The number of rotatable bonds is 6. The van der Waals surface area contributed by atoms with Crippen LogP contribution in [0.25, 0.3) is 16.9 Å². The number of aromatic nitrogens is 5. The van der Waals surface area contributed by atoms with Crippen LogP contribution >= 0.6 is 11.6 Å². The zero-order chi connectivity index (χ0) is 25.1. The first-order chi connectivity index (χ1) is 17.4. The standard InChI is InChI=1S/C25H19ClFN7O2/c1-15-13-34(14-29-15)19-7-17(26)6-18(8-19)32-25(35)33-24-10-20(2-3-22(24)27)36-21-4-5-28-23(9-21)16-11-30-31-12-16/h2-14H,1H3,(H,30,31)(H2,32,33,35). The lowest BCUT2D eigenvalue weighted by molar-refractivity contribution is 0.262. The molecule has 3 N–H and O–H groups in total. The van der Waals surface area contributed by atoms with Crippen molar-refractivity contribution < 1.29 is 13.9 Å². The fourth-order valence-electron chi connectivity index (χ4n) is 3.47. The maximum atomic E-state index is 14.5. The lowest BCUT2D eigenvalue weighted by atomic mass is 10.2. The van der Waals surface area contributed by atoms with Gasteiger partial charge < -0.3 is 19.9 Å². The van der Waals surface area contributed by atoms with Crippen molar-refractivity contribution >= 4 is 29.0 Å². The molecule has 0 unspecified atom stereocenters. The third kappa shape index (κ3) is 5.34. The molecule has 180 valence electrons. The van der Waals surface area contributed by atoms with E-state index in [1.165, 1.54) is 18.2 Å². The second-order valence-corrected chi connectivity index (χ2v) is 8.24. The van der Waals surface area contributed by atoms with Crippen LogP contribution in [0.15, 0.2) is 79.6 Å². The number of imidazole rings is 1. The number of pyridine rings is 1. The van der Waals surface area contributed by atoms with Gasteiger partial charge in [-0.25, -0.2) is 14.2 Å². The van der Waals surface area contributed by atoms with Gasteiger partial charge in [0.05, 0.1) is 35.3 Å². The topological polar surface area (TPSA) is 110 Å². The molecule has 0 bridgehead atoms. The highest BCUT2D eigenvalue weighted by Crippen LogP contribution is 2.29. The molecule has 3 heterocycles. The Bertz CT molecular complexity index is 1540. The largest absolute Gasteiger partial charge is 0.457 e. The summed E-state index contributed by atoms with van der Waals surface area (Å²) in [6.07, 6.45) is 8.43. The van der Waals surface area contributed by atoms with Crippen LogP contribution in [0.5, 0.6) is 11.5 Å². The first-order valence-corrected chi connectivity index (χ1v) is 11.1. The van der Waals surface area contributed by atoms with Gasteiger partial charge in [0.15, 0.2) is 0 Å². The van der Waals surface area contributed by atoms with E-state index in [1.54, 1.807) is 59.8 Å². The summed E-state index contributed by atoms with van der Waals surface area (Å²) in [7, 11) is 0. The molecule has 5 rings (SSSR count). The monoisotopic (exact) mass is 503 g/mol. The van der Waals surface area contributed by atoms with Crippen LogP contribution in [-0.2, 0) is 0 Å². The van der Waals surface area contributed by atoms with Crippen molar-refractivity contribution in [2.45, 2.75) is 6.92 Å². The number of ether oxygens (including phenoxy) is 1. The van der Waals surface area contributed by atoms with E-state index in [-0.39, 0.29) is 5.69 Å². The van der Waals surface area contributed by atoms with Gasteiger partial charge in [-0.3, -0.25) is 10.1 Å². The van der Waals surface area contributed by atoms with Crippen LogP contribution in [0.4, 0.5) is 20.6 Å². The van der Waals surface area contributed by atoms with Crippen LogP contribution in [0.3, 0.4) is 0 Å². The maximum Gasteiger partial charge on any atom is 0.323 e. The molecule has 0 atom stereocenters. The van der Waals surface area contributed by atoms with Crippen LogP contribution in [0.2, 0.25) is 5.02 Å². The predicted octanol–water partition coefficient (Wildman–Crippen LogP) is 6.19. The minimum atomic E-state index is -0.646. The maximum absolute atomic E-state index is 14.5. The molecule has 36 heavy (non-hydrogen) atoms. The average molecular weight is 504 g/mol. The number of nitrogens with one attached hydrogen (secondary N) is 3. The van der Waals surface area contributed by atoms with Crippen molar-refractivity contribution in [3.8, 4) is 28.4 Å². The van der Waals surface area contributed by atoms with Gasteiger partial charge in [-0.1, -0.05) is 11.6 Å². The summed E-state index contributed by atoms with van der Waals surface area (Å²) in [6.45, 7) is 1.87. The second-order valence-electron chi connectivity index (χ2n) is 7.81. The van der Waals surface area contributed by atoms with Gasteiger partial charge in [-0.15, -0.1) is 0 Å². The van der Waals surface area contributed by atoms with E-state index in [0.717, 1.165) is 11.3 Å². The number of hydrogen-bond donors (Lipinski definition) is 3. The SMILES string of the molecule is Cc1cn(-c2cc(Cl)cc(NC(=O)Nc3cc(Oc4ccnc(-c5cn[nH]c5)c4)ccc3F)c2)cn1. The molecule has 0 saturated carbocycles. The van der Waals surface area contributed by atoms with Crippen LogP contribution in [0, 0.1) is 12.7 Å². The van der Waals surface area contributed by atoms with E-state index in [2.05, 4.69) is 30.8 Å². The van der Waals surface area contributed by atoms with E-state index in [4.69, 9.17) is 16.3 Å². The number of carbonyl (C=O) groups excluding carboxylic acids is 1. The zero-order valence-corrected chi connectivity index (χ0v) is 19.6. The molecule has 0 aliphatic heterocycles. The summed E-state index contributed by atoms with van der Waals surface area (Å²) in [6, 6.07) is 11.9. The van der Waals surface area contributed by atoms with E-state index in [0.29, 0.717) is 33.6 Å². The highest BCUT2D eigenvalue weighted by atomic mass is 35.5. The Morgan fingerprint density at radius 1 is 1.08 bits per heavy atom. The molecule has 0 spiro atoms. The molecule has 0 saturated heterocycles.